The number of hydrogen-bond acceptors (Lipinski definition) is 5. The van der Waals surface area contributed by atoms with Gasteiger partial charge < -0.3 is 14.5 Å². The Hall–Kier alpha value is -2.02. The van der Waals surface area contributed by atoms with Gasteiger partial charge in [-0.1, -0.05) is 0 Å². The van der Waals surface area contributed by atoms with Crippen molar-refractivity contribution in [3.63, 3.8) is 0 Å². The van der Waals surface area contributed by atoms with Crippen LogP contribution < -0.4 is 0 Å². The Balaban J connectivity index is 1.71. The summed E-state index contributed by atoms with van der Waals surface area (Å²) in [7, 11) is 1.81. The Bertz CT molecular complexity index is 536. The number of likely N-dealkylation sites (tertiary alicyclic amines) is 1. The normalized spacial score (nSPS) is 26.2. The van der Waals surface area contributed by atoms with Crippen molar-refractivity contribution in [1.82, 2.24) is 20.0 Å². The molecule has 1 aromatic rings. The zero-order valence-electron chi connectivity index (χ0n) is 11.9. The van der Waals surface area contributed by atoms with Crippen molar-refractivity contribution in [2.75, 3.05) is 26.7 Å². The first-order valence-corrected chi connectivity index (χ1v) is 7.11. The summed E-state index contributed by atoms with van der Waals surface area (Å²) in [5, 5.41) is 7.61. The van der Waals surface area contributed by atoms with Crippen LogP contribution >= 0.6 is 0 Å². The van der Waals surface area contributed by atoms with Crippen molar-refractivity contribution in [3.05, 3.63) is 24.0 Å². The van der Waals surface area contributed by atoms with Crippen molar-refractivity contribution < 1.29 is 14.3 Å². The van der Waals surface area contributed by atoms with Crippen LogP contribution in [0.15, 0.2) is 18.3 Å². The molecule has 0 radical (unpaired) electrons. The number of carbonyl (C=O) groups is 2. The number of nitrogens with zero attached hydrogens (tertiary/aromatic N) is 4. The van der Waals surface area contributed by atoms with Gasteiger partial charge in [-0.3, -0.25) is 9.59 Å². The number of carbonyl (C=O) groups excluding carboxylic acids is 2. The smallest absolute Gasteiger partial charge is 0.274 e. The summed E-state index contributed by atoms with van der Waals surface area (Å²) < 4.78 is 5.62. The van der Waals surface area contributed by atoms with E-state index in [1.807, 2.05) is 7.05 Å². The van der Waals surface area contributed by atoms with Gasteiger partial charge in [-0.2, -0.15) is 5.10 Å². The van der Waals surface area contributed by atoms with Gasteiger partial charge in [0.15, 0.2) is 5.69 Å². The van der Waals surface area contributed by atoms with Crippen LogP contribution in [0.1, 0.15) is 23.3 Å². The Labute approximate surface area is 122 Å². The molecule has 0 unspecified atom stereocenters. The van der Waals surface area contributed by atoms with Crippen LogP contribution in [0.25, 0.3) is 0 Å². The molecule has 3 heterocycles. The molecule has 2 amide bonds. The maximum absolute atomic E-state index is 12.4. The fourth-order valence-corrected chi connectivity index (χ4v) is 2.94. The second kappa shape index (κ2) is 5.77. The predicted molar refractivity (Wildman–Crippen MR) is 73.5 cm³/mol. The summed E-state index contributed by atoms with van der Waals surface area (Å²) in [5.41, 5.74) is 0.354. The third-order valence-corrected chi connectivity index (χ3v) is 4.20. The van der Waals surface area contributed by atoms with Gasteiger partial charge in [0.25, 0.3) is 5.91 Å². The maximum Gasteiger partial charge on any atom is 0.274 e. The number of rotatable bonds is 1. The summed E-state index contributed by atoms with van der Waals surface area (Å²) in [6.45, 7) is 1.34. The van der Waals surface area contributed by atoms with E-state index in [0.717, 1.165) is 12.8 Å². The number of morpholine rings is 1. The molecular weight excluding hydrogens is 272 g/mol. The summed E-state index contributed by atoms with van der Waals surface area (Å²) in [6, 6.07) is 3.42. The molecule has 0 spiro atoms. The third-order valence-electron chi connectivity index (χ3n) is 4.20. The van der Waals surface area contributed by atoms with Crippen LogP contribution in [-0.4, -0.2) is 70.7 Å². The van der Waals surface area contributed by atoms with Crippen molar-refractivity contribution in [1.29, 1.82) is 0 Å². The predicted octanol–water partition coefficient (Wildman–Crippen LogP) is -0.0616. The topological polar surface area (TPSA) is 75.6 Å². The van der Waals surface area contributed by atoms with Crippen molar-refractivity contribution in [2.24, 2.45) is 0 Å². The zero-order chi connectivity index (χ0) is 14.8. The van der Waals surface area contributed by atoms with Gasteiger partial charge in [0.1, 0.15) is 6.61 Å². The minimum absolute atomic E-state index is 0.00459. The number of amides is 2. The molecule has 0 aliphatic carbocycles. The van der Waals surface area contributed by atoms with E-state index >= 15 is 0 Å². The fraction of sp³-hybridized carbons (Fsp3) is 0.571. The molecule has 0 bridgehead atoms. The summed E-state index contributed by atoms with van der Waals surface area (Å²) in [5.74, 6) is -0.110. The van der Waals surface area contributed by atoms with Gasteiger partial charge >= 0.3 is 0 Å². The lowest BCUT2D eigenvalue weighted by Gasteiger charge is -2.37. The molecule has 2 aliphatic rings. The van der Waals surface area contributed by atoms with Crippen molar-refractivity contribution >= 4 is 11.8 Å². The fourth-order valence-electron chi connectivity index (χ4n) is 2.94. The van der Waals surface area contributed by atoms with E-state index in [4.69, 9.17) is 4.74 Å². The first-order valence-electron chi connectivity index (χ1n) is 7.11. The molecule has 112 valence electrons. The second-order valence-electron chi connectivity index (χ2n) is 5.40. The molecule has 2 saturated heterocycles. The first-order chi connectivity index (χ1) is 10.2. The van der Waals surface area contributed by atoms with Crippen molar-refractivity contribution in [2.45, 2.75) is 25.0 Å². The number of fused-ring (bicyclic) bond motifs is 1. The molecule has 3 rings (SSSR count). The van der Waals surface area contributed by atoms with E-state index in [0.29, 0.717) is 18.8 Å². The summed E-state index contributed by atoms with van der Waals surface area (Å²) >= 11 is 0. The summed E-state index contributed by atoms with van der Waals surface area (Å²) in [4.78, 5) is 27.6. The van der Waals surface area contributed by atoms with Crippen LogP contribution in [0.4, 0.5) is 0 Å². The lowest BCUT2D eigenvalue weighted by molar-refractivity contribution is -0.154. The number of aromatic nitrogens is 2. The average Bonchev–Trinajstić information content (AvgIpc) is 2.74. The first kappa shape index (κ1) is 13.9. The van der Waals surface area contributed by atoms with Gasteiger partial charge in [0.2, 0.25) is 5.91 Å². The Morgan fingerprint density at radius 2 is 2.19 bits per heavy atom. The molecule has 2 atom stereocenters. The molecule has 21 heavy (non-hydrogen) atoms. The SMILES string of the molecule is CN1C(=O)CO[C@H]2CCN(C(=O)c3cccnn3)CC[C@@H]21. The molecular formula is C14H18N4O3. The maximum atomic E-state index is 12.4. The molecule has 0 aromatic carbocycles. The van der Waals surface area contributed by atoms with Crippen LogP contribution in [0, 0.1) is 0 Å². The molecule has 0 saturated carbocycles. The van der Waals surface area contributed by atoms with Gasteiger partial charge in [-0.15, -0.1) is 5.10 Å². The number of ether oxygens (including phenoxy) is 1. The lowest BCUT2D eigenvalue weighted by atomic mass is 10.0. The Morgan fingerprint density at radius 1 is 1.38 bits per heavy atom. The summed E-state index contributed by atoms with van der Waals surface area (Å²) in [6.07, 6.45) is 3.00. The van der Waals surface area contributed by atoms with E-state index in [-0.39, 0.29) is 30.6 Å². The van der Waals surface area contributed by atoms with Gasteiger partial charge in [-0.25, -0.2) is 0 Å². The molecule has 7 heteroatoms. The van der Waals surface area contributed by atoms with Gasteiger partial charge in [0, 0.05) is 26.3 Å². The molecule has 7 nitrogen and oxygen atoms in total. The van der Waals surface area contributed by atoms with E-state index in [2.05, 4.69) is 10.2 Å². The third kappa shape index (κ3) is 2.73. The molecule has 0 N–H and O–H groups in total. The zero-order valence-corrected chi connectivity index (χ0v) is 11.9. The van der Waals surface area contributed by atoms with Crippen LogP contribution in [-0.2, 0) is 9.53 Å². The number of hydrogen-bond donors (Lipinski definition) is 0. The average molecular weight is 290 g/mol. The highest BCUT2D eigenvalue weighted by Crippen LogP contribution is 2.23. The highest BCUT2D eigenvalue weighted by molar-refractivity contribution is 5.92. The van der Waals surface area contributed by atoms with E-state index in [1.54, 1.807) is 28.1 Å². The quantitative estimate of drug-likeness (QED) is 0.724. The number of likely N-dealkylation sites (N-methyl/N-ethyl adjacent to an activating group) is 1. The lowest BCUT2D eigenvalue weighted by Crippen LogP contribution is -2.52. The second-order valence-corrected chi connectivity index (χ2v) is 5.40. The Kier molecular flexibility index (Phi) is 3.83. The van der Waals surface area contributed by atoms with E-state index in [9.17, 15) is 9.59 Å². The van der Waals surface area contributed by atoms with Gasteiger partial charge in [0.05, 0.1) is 12.1 Å². The molecule has 2 aliphatic heterocycles. The highest BCUT2D eigenvalue weighted by atomic mass is 16.5. The van der Waals surface area contributed by atoms with E-state index < -0.39 is 0 Å². The van der Waals surface area contributed by atoms with Gasteiger partial charge in [-0.05, 0) is 25.0 Å². The largest absolute Gasteiger partial charge is 0.366 e. The Morgan fingerprint density at radius 3 is 2.95 bits per heavy atom. The monoisotopic (exact) mass is 290 g/mol. The standard InChI is InChI=1S/C14H18N4O3/c1-17-11-4-7-18(8-5-12(11)21-9-13(17)19)14(20)10-3-2-6-15-16-10/h2-3,6,11-12H,4-5,7-9H2,1H3/t11-,12-/m0/s1. The molecule has 2 fully saturated rings. The molecule has 1 aromatic heterocycles. The van der Waals surface area contributed by atoms with Crippen molar-refractivity contribution in [3.8, 4) is 0 Å². The van der Waals surface area contributed by atoms with Crippen LogP contribution in [0.5, 0.6) is 0 Å². The van der Waals surface area contributed by atoms with Crippen LogP contribution in [0.2, 0.25) is 0 Å². The van der Waals surface area contributed by atoms with E-state index in [1.165, 1.54) is 0 Å². The minimum Gasteiger partial charge on any atom is -0.366 e. The minimum atomic E-state index is -0.115. The highest BCUT2D eigenvalue weighted by Gasteiger charge is 2.37. The van der Waals surface area contributed by atoms with Crippen LogP contribution in [0.3, 0.4) is 0 Å².